The van der Waals surface area contributed by atoms with E-state index >= 15 is 0 Å². The van der Waals surface area contributed by atoms with E-state index in [2.05, 4.69) is 5.32 Å². The third kappa shape index (κ3) is 4.96. The highest BCUT2D eigenvalue weighted by Gasteiger charge is 2.33. The highest BCUT2D eigenvalue weighted by atomic mass is 32.2. The van der Waals surface area contributed by atoms with Crippen LogP contribution in [0.25, 0.3) is 0 Å². The molecule has 0 spiro atoms. The van der Waals surface area contributed by atoms with Gasteiger partial charge in [-0.05, 0) is 31.3 Å². The number of hydrogen-bond acceptors (Lipinski definition) is 6. The second-order valence-corrected chi connectivity index (χ2v) is 8.02. The van der Waals surface area contributed by atoms with E-state index in [0.29, 0.717) is 19.7 Å². The summed E-state index contributed by atoms with van der Waals surface area (Å²) in [4.78, 5) is 15.1. The topological polar surface area (TPSA) is 54.0 Å². The number of carbonyl (C=O) groups excluding carboxylic acids is 1. The van der Waals surface area contributed by atoms with Crippen molar-refractivity contribution in [3.63, 3.8) is 0 Å². The van der Waals surface area contributed by atoms with Gasteiger partial charge < -0.3 is 19.7 Å². The first kappa shape index (κ1) is 20.9. The molecule has 10 heteroatoms. The molecule has 2 heterocycles. The molecular weight excluding hydrogens is 408 g/mol. The zero-order valence-electron chi connectivity index (χ0n) is 15.6. The van der Waals surface area contributed by atoms with Gasteiger partial charge in [-0.2, -0.15) is 11.8 Å². The molecule has 6 nitrogen and oxygen atoms in total. The number of nitrogens with one attached hydrogen (secondary N) is 1. The van der Waals surface area contributed by atoms with Crippen LogP contribution >= 0.6 is 24.0 Å². The molecule has 3 rings (SSSR count). The summed E-state index contributed by atoms with van der Waals surface area (Å²) in [6.45, 7) is 3.87. The maximum atomic E-state index is 14.7. The molecule has 0 aromatic heterocycles. The van der Waals surface area contributed by atoms with Gasteiger partial charge >= 0.3 is 6.09 Å². The van der Waals surface area contributed by atoms with Crippen LogP contribution < -0.4 is 15.1 Å². The number of thiocarbonyl (C=S) groups is 1. The lowest BCUT2D eigenvalue weighted by Gasteiger charge is -2.24. The average Bonchev–Trinajstić information content (AvgIpc) is 2.84. The predicted molar refractivity (Wildman–Crippen MR) is 110 cm³/mol. The molecule has 28 heavy (non-hydrogen) atoms. The van der Waals surface area contributed by atoms with Gasteiger partial charge in [-0.25, -0.2) is 13.6 Å². The third-order valence-electron chi connectivity index (χ3n) is 4.48. The summed E-state index contributed by atoms with van der Waals surface area (Å²) < 4.78 is 39.8. The quantitative estimate of drug-likeness (QED) is 0.719. The Morgan fingerprint density at radius 2 is 2.11 bits per heavy atom. The Hall–Kier alpha value is -1.81. The average molecular weight is 432 g/mol. The van der Waals surface area contributed by atoms with Crippen molar-refractivity contribution in [1.29, 1.82) is 0 Å². The summed E-state index contributed by atoms with van der Waals surface area (Å²) in [5.74, 6) is 0.472. The van der Waals surface area contributed by atoms with Crippen molar-refractivity contribution in [2.24, 2.45) is 0 Å². The van der Waals surface area contributed by atoms with Crippen LogP contribution in [0.4, 0.5) is 25.0 Å². The molecule has 0 saturated carbocycles. The number of cyclic esters (lactones) is 1. The van der Waals surface area contributed by atoms with E-state index in [-0.39, 0.29) is 29.6 Å². The molecule has 2 fully saturated rings. The Morgan fingerprint density at radius 1 is 1.36 bits per heavy atom. The Balaban J connectivity index is 1.69. The van der Waals surface area contributed by atoms with E-state index in [9.17, 15) is 13.6 Å². The molecule has 2 aliphatic heterocycles. The first-order valence-corrected chi connectivity index (χ1v) is 10.8. The zero-order chi connectivity index (χ0) is 20.1. The van der Waals surface area contributed by atoms with Gasteiger partial charge in [0.25, 0.3) is 5.17 Å². The molecule has 0 radical (unpaired) electrons. The Morgan fingerprint density at radius 3 is 2.82 bits per heavy atom. The maximum absolute atomic E-state index is 14.7. The molecule has 1 aromatic rings. The van der Waals surface area contributed by atoms with E-state index in [1.54, 1.807) is 16.7 Å². The summed E-state index contributed by atoms with van der Waals surface area (Å²) in [6.07, 6.45) is -0.270. The number of nitrogens with zero attached hydrogens (tertiary/aromatic N) is 2. The van der Waals surface area contributed by atoms with Gasteiger partial charge in [-0.15, -0.1) is 0 Å². The fourth-order valence-electron chi connectivity index (χ4n) is 3.20. The molecule has 1 unspecified atom stereocenters. The number of anilines is 2. The number of halogens is 2. The second-order valence-electron chi connectivity index (χ2n) is 6.43. The van der Waals surface area contributed by atoms with Gasteiger partial charge in [-0.1, -0.05) is 0 Å². The summed E-state index contributed by atoms with van der Waals surface area (Å²) in [6, 6.07) is 2.39. The first-order valence-electron chi connectivity index (χ1n) is 9.20. The Kier molecular flexibility index (Phi) is 7.17. The highest BCUT2D eigenvalue weighted by Crippen LogP contribution is 2.32. The van der Waals surface area contributed by atoms with E-state index in [4.69, 9.17) is 21.7 Å². The van der Waals surface area contributed by atoms with Crippen molar-refractivity contribution in [3.05, 3.63) is 23.8 Å². The van der Waals surface area contributed by atoms with Crippen LogP contribution in [0.3, 0.4) is 0 Å². The largest absolute Gasteiger partial charge is 0.471 e. The van der Waals surface area contributed by atoms with E-state index in [1.165, 1.54) is 17.0 Å². The molecule has 1 N–H and O–H groups in total. The van der Waals surface area contributed by atoms with E-state index in [0.717, 1.165) is 17.9 Å². The van der Waals surface area contributed by atoms with Gasteiger partial charge in [-0.3, -0.25) is 4.90 Å². The molecule has 0 bridgehead atoms. The lowest BCUT2D eigenvalue weighted by Crippen LogP contribution is -2.34. The fraction of sp³-hybridized carbons (Fsp3) is 0.556. The minimum Gasteiger partial charge on any atom is -0.471 e. The summed E-state index contributed by atoms with van der Waals surface area (Å²) in [7, 11) is 0. The minimum atomic E-state index is -0.672. The van der Waals surface area contributed by atoms with Gasteiger partial charge in [0.1, 0.15) is 11.8 Å². The molecule has 0 aliphatic carbocycles. The maximum Gasteiger partial charge on any atom is 0.414 e. The fourth-order valence-corrected chi connectivity index (χ4v) is 4.29. The standard InChI is InChI=1S/C18H23F2N3O3S2/c1-2-25-17(27)21-10-13-11-23(18(24)26-13)12-8-14(19)16(15(20)9-12)22-4-3-6-28-7-5-22/h8-9,13H,2-7,10-11H2,1H3,(H,21,27). The molecule has 1 aromatic carbocycles. The van der Waals surface area contributed by atoms with Gasteiger partial charge in [0, 0.05) is 31.0 Å². The van der Waals surface area contributed by atoms with Crippen molar-refractivity contribution in [2.45, 2.75) is 19.4 Å². The van der Waals surface area contributed by atoms with Crippen molar-refractivity contribution in [2.75, 3.05) is 54.1 Å². The molecule has 2 saturated heterocycles. The number of thioether (sulfide) groups is 1. The van der Waals surface area contributed by atoms with Crippen LogP contribution in [0.2, 0.25) is 0 Å². The third-order valence-corrected chi connectivity index (χ3v) is 5.79. The van der Waals surface area contributed by atoms with Crippen molar-refractivity contribution in [3.8, 4) is 0 Å². The first-order chi connectivity index (χ1) is 13.5. The SMILES string of the molecule is CCOC(=S)NCC1CN(c2cc(F)c(N3CCCSCC3)c(F)c2)C(=O)O1. The predicted octanol–water partition coefficient (Wildman–Crippen LogP) is 3.14. The summed E-state index contributed by atoms with van der Waals surface area (Å²) in [5, 5.41) is 3.06. The summed E-state index contributed by atoms with van der Waals surface area (Å²) in [5.41, 5.74) is 0.113. The minimum absolute atomic E-state index is 0.0286. The number of benzene rings is 1. The van der Waals surface area contributed by atoms with Crippen LogP contribution in [0.1, 0.15) is 13.3 Å². The zero-order valence-corrected chi connectivity index (χ0v) is 17.2. The Bertz CT molecular complexity index is 707. The lowest BCUT2D eigenvalue weighted by molar-refractivity contribution is 0.141. The normalized spacial score (nSPS) is 20.0. The van der Waals surface area contributed by atoms with Gasteiger partial charge in [0.05, 0.1) is 25.4 Å². The molecule has 1 atom stereocenters. The van der Waals surface area contributed by atoms with Crippen molar-refractivity contribution < 1.29 is 23.0 Å². The Labute approximate surface area is 172 Å². The number of carbonyl (C=O) groups is 1. The number of amides is 1. The second kappa shape index (κ2) is 9.60. The molecule has 1 amide bonds. The van der Waals surface area contributed by atoms with Gasteiger partial charge in [0.15, 0.2) is 11.6 Å². The van der Waals surface area contributed by atoms with Crippen LogP contribution in [0.5, 0.6) is 0 Å². The highest BCUT2D eigenvalue weighted by molar-refractivity contribution is 7.99. The van der Waals surface area contributed by atoms with Crippen LogP contribution in [-0.4, -0.2) is 61.7 Å². The lowest BCUT2D eigenvalue weighted by atomic mass is 10.2. The molecule has 2 aliphatic rings. The molecular formula is C18H23F2N3O3S2. The number of hydrogen-bond donors (Lipinski definition) is 1. The van der Waals surface area contributed by atoms with Crippen molar-refractivity contribution in [1.82, 2.24) is 5.32 Å². The number of ether oxygens (including phenoxy) is 2. The van der Waals surface area contributed by atoms with Crippen LogP contribution in [0, 0.1) is 11.6 Å². The van der Waals surface area contributed by atoms with Crippen LogP contribution in [0.15, 0.2) is 12.1 Å². The van der Waals surface area contributed by atoms with Crippen molar-refractivity contribution >= 4 is 46.6 Å². The number of rotatable bonds is 5. The summed E-state index contributed by atoms with van der Waals surface area (Å²) >= 11 is 6.75. The smallest absolute Gasteiger partial charge is 0.414 e. The van der Waals surface area contributed by atoms with E-state index < -0.39 is 23.8 Å². The monoisotopic (exact) mass is 431 g/mol. The van der Waals surface area contributed by atoms with Gasteiger partial charge in [0.2, 0.25) is 0 Å². The van der Waals surface area contributed by atoms with E-state index in [1.807, 2.05) is 6.92 Å². The molecule has 154 valence electrons. The van der Waals surface area contributed by atoms with Crippen LogP contribution in [-0.2, 0) is 9.47 Å².